The molecule has 1 rings (SSSR count). The van der Waals surface area contributed by atoms with E-state index in [1.54, 1.807) is 12.1 Å². The molecule has 0 spiro atoms. The first kappa shape index (κ1) is 13.3. The van der Waals surface area contributed by atoms with E-state index in [0.29, 0.717) is 24.2 Å². The molecule has 0 aliphatic rings. The monoisotopic (exact) mass is 239 g/mol. The van der Waals surface area contributed by atoms with Crippen LogP contribution in [-0.2, 0) is 11.2 Å². The number of aromatic hydroxyl groups is 1. The van der Waals surface area contributed by atoms with Crippen molar-refractivity contribution < 1.29 is 19.7 Å². The van der Waals surface area contributed by atoms with Crippen molar-refractivity contribution in [2.75, 3.05) is 7.11 Å². The molecule has 0 saturated heterocycles. The molecule has 94 valence electrons. The first-order chi connectivity index (χ1) is 8.02. The predicted molar refractivity (Wildman–Crippen MR) is 63.2 cm³/mol. The molecule has 17 heavy (non-hydrogen) atoms. The minimum atomic E-state index is -0.862. The summed E-state index contributed by atoms with van der Waals surface area (Å²) in [6.45, 7) is 0. The highest BCUT2D eigenvalue weighted by Gasteiger charge is 2.10. The maximum Gasteiger partial charge on any atom is 0.303 e. The van der Waals surface area contributed by atoms with Crippen LogP contribution in [0.2, 0.25) is 0 Å². The fourth-order valence-corrected chi connectivity index (χ4v) is 1.54. The predicted octanol–water partition coefficient (Wildman–Crippen LogP) is 1.14. The van der Waals surface area contributed by atoms with Gasteiger partial charge in [0.2, 0.25) is 0 Å². The molecule has 1 aromatic rings. The Morgan fingerprint density at radius 1 is 1.53 bits per heavy atom. The maximum atomic E-state index is 10.4. The van der Waals surface area contributed by atoms with Crippen molar-refractivity contribution in [1.29, 1.82) is 0 Å². The minimum absolute atomic E-state index is 0.0398. The second-order valence-electron chi connectivity index (χ2n) is 3.89. The summed E-state index contributed by atoms with van der Waals surface area (Å²) in [5.41, 5.74) is 6.49. The Balaban J connectivity index is 2.59. The van der Waals surface area contributed by atoms with Crippen LogP contribution in [0.4, 0.5) is 0 Å². The number of carboxylic acids is 1. The summed E-state index contributed by atoms with van der Waals surface area (Å²) >= 11 is 0. The Morgan fingerprint density at radius 3 is 2.76 bits per heavy atom. The van der Waals surface area contributed by atoms with Crippen LogP contribution in [0.3, 0.4) is 0 Å². The normalized spacial score (nSPS) is 12.1. The molecule has 0 heterocycles. The molecule has 5 heteroatoms. The highest BCUT2D eigenvalue weighted by molar-refractivity contribution is 5.66. The van der Waals surface area contributed by atoms with Crippen LogP contribution < -0.4 is 10.5 Å². The number of aliphatic carboxylic acids is 1. The maximum absolute atomic E-state index is 10.4. The van der Waals surface area contributed by atoms with Crippen LogP contribution in [0, 0.1) is 0 Å². The Kier molecular flexibility index (Phi) is 4.78. The molecule has 1 aromatic carbocycles. The van der Waals surface area contributed by atoms with Gasteiger partial charge in [-0.15, -0.1) is 0 Å². The molecule has 1 atom stereocenters. The topological polar surface area (TPSA) is 92.8 Å². The third-order valence-corrected chi connectivity index (χ3v) is 2.50. The largest absolute Gasteiger partial charge is 0.508 e. The number of nitrogens with two attached hydrogens (primary N) is 1. The van der Waals surface area contributed by atoms with Crippen LogP contribution in [-0.4, -0.2) is 29.3 Å². The molecule has 0 saturated carbocycles. The van der Waals surface area contributed by atoms with Crippen LogP contribution in [0.15, 0.2) is 18.2 Å². The molecule has 0 amide bonds. The van der Waals surface area contributed by atoms with E-state index in [1.165, 1.54) is 13.2 Å². The highest BCUT2D eigenvalue weighted by Crippen LogP contribution is 2.24. The molecule has 1 unspecified atom stereocenters. The Bertz CT molecular complexity index is 392. The summed E-state index contributed by atoms with van der Waals surface area (Å²) < 4.78 is 4.96. The zero-order chi connectivity index (χ0) is 12.8. The van der Waals surface area contributed by atoms with Gasteiger partial charge in [-0.1, -0.05) is 6.07 Å². The number of benzene rings is 1. The van der Waals surface area contributed by atoms with Gasteiger partial charge in [0.15, 0.2) is 0 Å². The average Bonchev–Trinajstić information content (AvgIpc) is 2.29. The third kappa shape index (κ3) is 4.32. The lowest BCUT2D eigenvalue weighted by Gasteiger charge is -2.12. The number of hydrogen-bond acceptors (Lipinski definition) is 4. The second kappa shape index (κ2) is 6.10. The molecule has 4 N–H and O–H groups in total. The van der Waals surface area contributed by atoms with E-state index >= 15 is 0 Å². The zero-order valence-corrected chi connectivity index (χ0v) is 9.72. The Labute approximate surface area is 99.8 Å². The number of phenolic OH excluding ortho intramolecular Hbond substituents is 1. The second-order valence-corrected chi connectivity index (χ2v) is 3.89. The van der Waals surface area contributed by atoms with Gasteiger partial charge in [0.1, 0.15) is 11.5 Å². The van der Waals surface area contributed by atoms with Gasteiger partial charge in [-0.2, -0.15) is 0 Å². The summed E-state index contributed by atoms with van der Waals surface area (Å²) in [6.07, 6.45) is 0.877. The lowest BCUT2D eigenvalue weighted by atomic mass is 10.0. The van der Waals surface area contributed by atoms with Crippen molar-refractivity contribution in [2.24, 2.45) is 5.73 Å². The van der Waals surface area contributed by atoms with Crippen LogP contribution in [0.5, 0.6) is 11.5 Å². The van der Waals surface area contributed by atoms with Gasteiger partial charge < -0.3 is 20.7 Å². The number of ether oxygens (including phenoxy) is 1. The molecule has 0 aliphatic heterocycles. The Morgan fingerprint density at radius 2 is 2.24 bits per heavy atom. The molecular formula is C12H17NO4. The van der Waals surface area contributed by atoms with Crippen molar-refractivity contribution in [1.82, 2.24) is 0 Å². The van der Waals surface area contributed by atoms with Gasteiger partial charge in [-0.3, -0.25) is 4.79 Å². The lowest BCUT2D eigenvalue weighted by Crippen LogP contribution is -2.23. The van der Waals surface area contributed by atoms with E-state index in [4.69, 9.17) is 15.6 Å². The molecule has 0 radical (unpaired) electrons. The van der Waals surface area contributed by atoms with Gasteiger partial charge in [0, 0.05) is 18.5 Å². The first-order valence-corrected chi connectivity index (χ1v) is 5.36. The third-order valence-electron chi connectivity index (χ3n) is 2.50. The van der Waals surface area contributed by atoms with Gasteiger partial charge in [0.05, 0.1) is 7.11 Å². The highest BCUT2D eigenvalue weighted by atomic mass is 16.5. The fraction of sp³-hybridized carbons (Fsp3) is 0.417. The number of carbonyl (C=O) groups is 1. The number of carboxylic acid groups (broad SMARTS) is 1. The summed E-state index contributed by atoms with van der Waals surface area (Å²) in [5.74, 6) is -0.167. The number of rotatable bonds is 6. The quantitative estimate of drug-likeness (QED) is 0.692. The zero-order valence-electron chi connectivity index (χ0n) is 9.72. The summed E-state index contributed by atoms with van der Waals surface area (Å²) in [5, 5.41) is 18.2. The molecule has 0 bridgehead atoms. The van der Waals surface area contributed by atoms with Gasteiger partial charge in [0.25, 0.3) is 0 Å². The van der Waals surface area contributed by atoms with E-state index in [1.807, 2.05) is 0 Å². The molecule has 0 aromatic heterocycles. The van der Waals surface area contributed by atoms with E-state index < -0.39 is 5.97 Å². The van der Waals surface area contributed by atoms with E-state index in [9.17, 15) is 9.90 Å². The minimum Gasteiger partial charge on any atom is -0.508 e. The fourth-order valence-electron chi connectivity index (χ4n) is 1.54. The van der Waals surface area contributed by atoms with Crippen LogP contribution in [0.25, 0.3) is 0 Å². The SMILES string of the molecule is COc1ccc(CC(N)CCC(=O)O)c(O)c1. The van der Waals surface area contributed by atoms with Crippen LogP contribution >= 0.6 is 0 Å². The van der Waals surface area contributed by atoms with Gasteiger partial charge >= 0.3 is 5.97 Å². The summed E-state index contributed by atoms with van der Waals surface area (Å²) in [4.78, 5) is 10.4. The summed E-state index contributed by atoms with van der Waals surface area (Å²) in [7, 11) is 1.52. The van der Waals surface area contributed by atoms with E-state index in [-0.39, 0.29) is 18.2 Å². The van der Waals surface area contributed by atoms with Gasteiger partial charge in [-0.25, -0.2) is 0 Å². The number of hydrogen-bond donors (Lipinski definition) is 3. The number of phenols is 1. The van der Waals surface area contributed by atoms with Crippen LogP contribution in [0.1, 0.15) is 18.4 Å². The lowest BCUT2D eigenvalue weighted by molar-refractivity contribution is -0.137. The molecule has 0 fully saturated rings. The van der Waals surface area contributed by atoms with Gasteiger partial charge in [-0.05, 0) is 24.5 Å². The smallest absolute Gasteiger partial charge is 0.303 e. The molecular weight excluding hydrogens is 222 g/mol. The molecule has 5 nitrogen and oxygen atoms in total. The van der Waals surface area contributed by atoms with E-state index in [2.05, 4.69) is 0 Å². The average molecular weight is 239 g/mol. The number of methoxy groups -OCH3 is 1. The first-order valence-electron chi connectivity index (χ1n) is 5.36. The Hall–Kier alpha value is -1.75. The van der Waals surface area contributed by atoms with E-state index in [0.717, 1.165) is 0 Å². The van der Waals surface area contributed by atoms with Crippen molar-refractivity contribution in [2.45, 2.75) is 25.3 Å². The van der Waals surface area contributed by atoms with Crippen molar-refractivity contribution in [3.8, 4) is 11.5 Å². The molecule has 0 aliphatic carbocycles. The van der Waals surface area contributed by atoms with Crippen molar-refractivity contribution in [3.63, 3.8) is 0 Å². The van der Waals surface area contributed by atoms with Crippen molar-refractivity contribution in [3.05, 3.63) is 23.8 Å². The summed E-state index contributed by atoms with van der Waals surface area (Å²) in [6, 6.07) is 4.71. The van der Waals surface area contributed by atoms with Crippen molar-refractivity contribution >= 4 is 5.97 Å². The standard InChI is InChI=1S/C12H17NO4/c1-17-10-4-2-8(11(14)7-10)6-9(13)3-5-12(15)16/h2,4,7,9,14H,3,5-6,13H2,1H3,(H,15,16).